The standard InChI is InChI=1S/C15H20FN3O/c1-15(2,3)17-10-11-7-8-19(18-11)12-5-6-13(16)14(9-12)20-4/h5-9,17H,10H2,1-4H3. The molecule has 0 unspecified atom stereocenters. The summed E-state index contributed by atoms with van der Waals surface area (Å²) in [7, 11) is 1.45. The normalized spacial score (nSPS) is 11.7. The molecule has 0 saturated heterocycles. The van der Waals surface area contributed by atoms with Gasteiger partial charge in [0.25, 0.3) is 0 Å². The number of halogens is 1. The monoisotopic (exact) mass is 277 g/mol. The molecule has 0 aliphatic carbocycles. The van der Waals surface area contributed by atoms with Crippen molar-refractivity contribution in [2.45, 2.75) is 32.9 Å². The average molecular weight is 277 g/mol. The van der Waals surface area contributed by atoms with Crippen LogP contribution in [0.1, 0.15) is 26.5 Å². The minimum atomic E-state index is -0.377. The quantitative estimate of drug-likeness (QED) is 0.934. The van der Waals surface area contributed by atoms with Gasteiger partial charge >= 0.3 is 0 Å². The van der Waals surface area contributed by atoms with Crippen molar-refractivity contribution in [3.8, 4) is 11.4 Å². The van der Waals surface area contributed by atoms with E-state index in [9.17, 15) is 4.39 Å². The molecule has 0 aliphatic rings. The highest BCUT2D eigenvalue weighted by atomic mass is 19.1. The van der Waals surface area contributed by atoms with Gasteiger partial charge in [-0.25, -0.2) is 9.07 Å². The molecule has 2 aromatic rings. The van der Waals surface area contributed by atoms with Crippen LogP contribution in [0.2, 0.25) is 0 Å². The van der Waals surface area contributed by atoms with Crippen LogP contribution in [0, 0.1) is 5.82 Å². The highest BCUT2D eigenvalue weighted by Gasteiger charge is 2.10. The van der Waals surface area contributed by atoms with E-state index in [2.05, 4.69) is 31.2 Å². The zero-order valence-electron chi connectivity index (χ0n) is 12.3. The molecule has 1 aromatic heterocycles. The van der Waals surface area contributed by atoms with E-state index in [4.69, 9.17) is 4.74 Å². The van der Waals surface area contributed by atoms with Crippen molar-refractivity contribution >= 4 is 0 Å². The lowest BCUT2D eigenvalue weighted by Gasteiger charge is -2.19. The van der Waals surface area contributed by atoms with Crippen LogP contribution >= 0.6 is 0 Å². The maximum Gasteiger partial charge on any atom is 0.165 e. The van der Waals surface area contributed by atoms with Gasteiger partial charge in [0.15, 0.2) is 11.6 Å². The molecule has 2 rings (SSSR count). The summed E-state index contributed by atoms with van der Waals surface area (Å²) in [6.45, 7) is 7.01. The van der Waals surface area contributed by atoms with Gasteiger partial charge in [-0.05, 0) is 39.0 Å². The number of rotatable bonds is 4. The van der Waals surface area contributed by atoms with Crippen LogP contribution in [0.5, 0.6) is 5.75 Å². The van der Waals surface area contributed by atoms with Crippen molar-refractivity contribution in [3.63, 3.8) is 0 Å². The Morgan fingerprint density at radius 2 is 2.05 bits per heavy atom. The van der Waals surface area contributed by atoms with Crippen molar-refractivity contribution < 1.29 is 9.13 Å². The van der Waals surface area contributed by atoms with Crippen LogP contribution in [0.4, 0.5) is 4.39 Å². The molecule has 0 bridgehead atoms. The second-order valence-corrected chi connectivity index (χ2v) is 5.67. The Morgan fingerprint density at radius 3 is 2.70 bits per heavy atom. The second-order valence-electron chi connectivity index (χ2n) is 5.67. The van der Waals surface area contributed by atoms with Crippen LogP contribution in [0.3, 0.4) is 0 Å². The number of ether oxygens (including phenoxy) is 1. The maximum atomic E-state index is 13.4. The lowest BCUT2D eigenvalue weighted by molar-refractivity contribution is 0.386. The summed E-state index contributed by atoms with van der Waals surface area (Å²) in [5.41, 5.74) is 1.75. The van der Waals surface area contributed by atoms with Crippen LogP contribution < -0.4 is 10.1 Å². The smallest absolute Gasteiger partial charge is 0.165 e. The molecule has 0 saturated carbocycles. The fourth-order valence-electron chi connectivity index (χ4n) is 1.75. The van der Waals surface area contributed by atoms with E-state index in [0.29, 0.717) is 6.54 Å². The predicted octanol–water partition coefficient (Wildman–Crippen LogP) is 2.91. The Morgan fingerprint density at radius 1 is 1.30 bits per heavy atom. The summed E-state index contributed by atoms with van der Waals surface area (Å²) in [5, 5.41) is 7.84. The van der Waals surface area contributed by atoms with Gasteiger partial charge in [0, 0.05) is 24.3 Å². The molecular formula is C15H20FN3O. The summed E-state index contributed by atoms with van der Waals surface area (Å²) in [6, 6.07) is 6.62. The Balaban J connectivity index is 2.16. The van der Waals surface area contributed by atoms with E-state index in [1.807, 2.05) is 12.3 Å². The molecule has 0 fully saturated rings. The number of benzene rings is 1. The van der Waals surface area contributed by atoms with E-state index < -0.39 is 0 Å². The molecule has 0 amide bonds. The summed E-state index contributed by atoms with van der Waals surface area (Å²) >= 11 is 0. The Labute approximate surface area is 118 Å². The molecule has 108 valence electrons. The number of nitrogens with one attached hydrogen (secondary N) is 1. The third-order valence-corrected chi connectivity index (χ3v) is 2.84. The van der Waals surface area contributed by atoms with Crippen molar-refractivity contribution in [2.24, 2.45) is 0 Å². The molecule has 0 spiro atoms. The van der Waals surface area contributed by atoms with Crippen molar-refractivity contribution in [1.29, 1.82) is 0 Å². The number of nitrogens with zero attached hydrogens (tertiary/aromatic N) is 2. The van der Waals surface area contributed by atoms with Crippen LogP contribution in [0.15, 0.2) is 30.5 Å². The molecule has 0 aliphatic heterocycles. The molecule has 5 heteroatoms. The highest BCUT2D eigenvalue weighted by molar-refractivity contribution is 5.39. The van der Waals surface area contributed by atoms with Gasteiger partial charge in [-0.1, -0.05) is 0 Å². The molecular weight excluding hydrogens is 257 g/mol. The fraction of sp³-hybridized carbons (Fsp3) is 0.400. The molecule has 1 heterocycles. The molecule has 1 N–H and O–H groups in total. The zero-order chi connectivity index (χ0) is 14.8. The number of hydrogen-bond donors (Lipinski definition) is 1. The predicted molar refractivity (Wildman–Crippen MR) is 76.7 cm³/mol. The first-order valence-electron chi connectivity index (χ1n) is 6.52. The topological polar surface area (TPSA) is 39.1 Å². The minimum Gasteiger partial charge on any atom is -0.494 e. The average Bonchev–Trinajstić information content (AvgIpc) is 2.85. The van der Waals surface area contributed by atoms with Crippen molar-refractivity contribution in [3.05, 3.63) is 42.0 Å². The van der Waals surface area contributed by atoms with E-state index in [1.54, 1.807) is 16.8 Å². The third kappa shape index (κ3) is 3.57. The Bertz CT molecular complexity index is 587. The van der Waals surface area contributed by atoms with E-state index in [1.165, 1.54) is 13.2 Å². The Kier molecular flexibility index (Phi) is 4.09. The lowest BCUT2D eigenvalue weighted by atomic mass is 10.1. The third-order valence-electron chi connectivity index (χ3n) is 2.84. The van der Waals surface area contributed by atoms with Gasteiger partial charge < -0.3 is 10.1 Å². The zero-order valence-corrected chi connectivity index (χ0v) is 12.3. The second kappa shape index (κ2) is 5.63. The summed E-state index contributed by atoms with van der Waals surface area (Å²) in [5.74, 6) is -0.162. The summed E-state index contributed by atoms with van der Waals surface area (Å²) in [4.78, 5) is 0. The van der Waals surface area contributed by atoms with E-state index in [0.717, 1.165) is 11.4 Å². The number of methoxy groups -OCH3 is 1. The molecule has 0 atom stereocenters. The fourth-order valence-corrected chi connectivity index (χ4v) is 1.75. The van der Waals surface area contributed by atoms with Gasteiger partial charge in [-0.2, -0.15) is 5.10 Å². The SMILES string of the molecule is COc1cc(-n2ccc(CNC(C)(C)C)n2)ccc1F. The van der Waals surface area contributed by atoms with Crippen LogP contribution in [-0.4, -0.2) is 22.4 Å². The largest absolute Gasteiger partial charge is 0.494 e. The van der Waals surface area contributed by atoms with Crippen molar-refractivity contribution in [2.75, 3.05) is 7.11 Å². The van der Waals surface area contributed by atoms with Gasteiger partial charge in [0.2, 0.25) is 0 Å². The number of hydrogen-bond acceptors (Lipinski definition) is 3. The summed E-state index contributed by atoms with van der Waals surface area (Å²) in [6.07, 6.45) is 1.85. The highest BCUT2D eigenvalue weighted by Crippen LogP contribution is 2.20. The van der Waals surface area contributed by atoms with Gasteiger partial charge in [0.05, 0.1) is 18.5 Å². The van der Waals surface area contributed by atoms with Gasteiger partial charge in [-0.3, -0.25) is 0 Å². The van der Waals surface area contributed by atoms with Gasteiger partial charge in [-0.15, -0.1) is 0 Å². The lowest BCUT2D eigenvalue weighted by Crippen LogP contribution is -2.35. The molecule has 20 heavy (non-hydrogen) atoms. The molecule has 1 aromatic carbocycles. The van der Waals surface area contributed by atoms with E-state index in [-0.39, 0.29) is 17.1 Å². The summed E-state index contributed by atoms with van der Waals surface area (Å²) < 4.78 is 20.1. The van der Waals surface area contributed by atoms with Gasteiger partial charge in [0.1, 0.15) is 0 Å². The first-order chi connectivity index (χ1) is 9.39. The molecule has 4 nitrogen and oxygen atoms in total. The Hall–Kier alpha value is -1.88. The van der Waals surface area contributed by atoms with Crippen LogP contribution in [0.25, 0.3) is 5.69 Å². The molecule has 0 radical (unpaired) electrons. The van der Waals surface area contributed by atoms with E-state index >= 15 is 0 Å². The van der Waals surface area contributed by atoms with Crippen molar-refractivity contribution in [1.82, 2.24) is 15.1 Å². The number of aromatic nitrogens is 2. The first-order valence-corrected chi connectivity index (χ1v) is 6.52. The maximum absolute atomic E-state index is 13.4. The van der Waals surface area contributed by atoms with Crippen LogP contribution in [-0.2, 0) is 6.54 Å². The first kappa shape index (κ1) is 14.5. The minimum absolute atomic E-state index is 0.0445.